The van der Waals surface area contributed by atoms with E-state index in [4.69, 9.17) is 18.5 Å². The molecule has 0 rings (SSSR count). The number of hydrogen-bond donors (Lipinski definition) is 4. The molecular weight excluding hydrogens is 797 g/mol. The third-order valence-electron chi connectivity index (χ3n) is 9.26. The Morgan fingerprint density at radius 3 is 1.82 bits per heavy atom. The quantitative estimate of drug-likeness (QED) is 0.0116. The first-order valence-electron chi connectivity index (χ1n) is 22.6. The highest BCUT2D eigenvalue weighted by atomic mass is 31.2. The summed E-state index contributed by atoms with van der Waals surface area (Å²) in [7, 11) is 1.23. The van der Waals surface area contributed by atoms with Gasteiger partial charge in [-0.05, 0) is 64.2 Å². The van der Waals surface area contributed by atoms with Crippen molar-refractivity contribution in [1.82, 2.24) is 0 Å². The number of rotatable bonds is 39. The Bertz CT molecular complexity index is 1370. The zero-order chi connectivity index (χ0) is 45.5. The van der Waals surface area contributed by atoms with Crippen LogP contribution in [0.2, 0.25) is 0 Å². The fraction of sp³-hybridized carbons (Fsp3) is 0.667. The van der Waals surface area contributed by atoms with E-state index in [0.29, 0.717) is 17.4 Å². The number of aliphatic hydroxyl groups excluding tert-OH is 3. The monoisotopic (exact) mass is 881 g/mol. The summed E-state index contributed by atoms with van der Waals surface area (Å²) in [5.41, 5.74) is 0. The third-order valence-corrected chi connectivity index (χ3v) is 10.2. The maximum absolute atomic E-state index is 12.7. The lowest BCUT2D eigenvalue weighted by Gasteiger charge is -2.24. The van der Waals surface area contributed by atoms with Gasteiger partial charge in [-0.2, -0.15) is 0 Å². The minimum atomic E-state index is -4.48. The van der Waals surface area contributed by atoms with E-state index >= 15 is 0 Å². The lowest BCUT2D eigenvalue weighted by molar-refractivity contribution is -0.870. The smallest absolute Gasteiger partial charge is 0.462 e. The van der Waals surface area contributed by atoms with Gasteiger partial charge < -0.3 is 34.2 Å². The molecule has 1 unspecified atom stereocenters. The van der Waals surface area contributed by atoms with Gasteiger partial charge in [0.1, 0.15) is 19.8 Å². The number of allylic oxidation sites excluding steroid dienone is 12. The molecule has 0 aromatic rings. The highest BCUT2D eigenvalue weighted by Crippen LogP contribution is 2.43. The van der Waals surface area contributed by atoms with Crippen LogP contribution in [0.5, 0.6) is 0 Å². The molecule has 12 nitrogen and oxygen atoms in total. The molecule has 0 aromatic carbocycles. The van der Waals surface area contributed by atoms with E-state index in [1.165, 1.54) is 25.3 Å². The Labute approximate surface area is 369 Å². The van der Waals surface area contributed by atoms with E-state index in [1.54, 1.807) is 42.5 Å². The number of carbonyl (C=O) groups is 2. The van der Waals surface area contributed by atoms with E-state index in [1.807, 2.05) is 21.1 Å². The molecule has 0 heterocycles. The molecular formula is C48H83NO11P+. The molecule has 13 heteroatoms. The van der Waals surface area contributed by atoms with Crippen LogP contribution >= 0.6 is 7.82 Å². The summed E-state index contributed by atoms with van der Waals surface area (Å²) in [6.07, 6.45) is 38.5. The summed E-state index contributed by atoms with van der Waals surface area (Å²) < 4.78 is 34.0. The van der Waals surface area contributed by atoms with Crippen LogP contribution in [-0.4, -0.2) is 109 Å². The van der Waals surface area contributed by atoms with Crippen molar-refractivity contribution in [3.05, 3.63) is 85.1 Å². The predicted molar refractivity (Wildman–Crippen MR) is 247 cm³/mol. The Morgan fingerprint density at radius 2 is 1.18 bits per heavy atom. The molecule has 0 amide bonds. The summed E-state index contributed by atoms with van der Waals surface area (Å²) in [5, 5.41) is 30.6. The minimum Gasteiger partial charge on any atom is -0.462 e. The number of esters is 2. The van der Waals surface area contributed by atoms with E-state index < -0.39 is 50.8 Å². The number of nitrogens with zero attached hydrogens (tertiary/aromatic N) is 1. The minimum absolute atomic E-state index is 0.0406. The van der Waals surface area contributed by atoms with Crippen LogP contribution in [-0.2, 0) is 32.7 Å². The van der Waals surface area contributed by atoms with Crippen molar-refractivity contribution in [2.75, 3.05) is 47.5 Å². The molecule has 5 atom stereocenters. The highest BCUT2D eigenvalue weighted by molar-refractivity contribution is 7.47. The molecule has 0 aliphatic rings. The van der Waals surface area contributed by atoms with Crippen molar-refractivity contribution in [1.29, 1.82) is 0 Å². The number of phosphoric acid groups is 1. The summed E-state index contributed by atoms with van der Waals surface area (Å²) in [4.78, 5) is 35.4. The van der Waals surface area contributed by atoms with Crippen LogP contribution in [0, 0.1) is 0 Å². The van der Waals surface area contributed by atoms with Crippen molar-refractivity contribution in [3.63, 3.8) is 0 Å². The van der Waals surface area contributed by atoms with Gasteiger partial charge in [-0.25, -0.2) is 4.57 Å². The molecule has 0 radical (unpaired) electrons. The van der Waals surface area contributed by atoms with Gasteiger partial charge in [-0.3, -0.25) is 18.6 Å². The number of quaternary nitrogens is 1. The summed E-state index contributed by atoms with van der Waals surface area (Å²) >= 11 is 0. The lowest BCUT2D eigenvalue weighted by atomic mass is 10.1. The van der Waals surface area contributed by atoms with Crippen molar-refractivity contribution in [3.8, 4) is 0 Å². The van der Waals surface area contributed by atoms with Crippen LogP contribution in [0.15, 0.2) is 85.1 Å². The number of aliphatic hydroxyl groups is 3. The first-order valence-corrected chi connectivity index (χ1v) is 24.1. The second kappa shape index (κ2) is 38.7. The van der Waals surface area contributed by atoms with Crippen LogP contribution in [0.25, 0.3) is 0 Å². The van der Waals surface area contributed by atoms with Gasteiger partial charge in [0.25, 0.3) is 0 Å². The van der Waals surface area contributed by atoms with Crippen molar-refractivity contribution < 1.29 is 57.4 Å². The van der Waals surface area contributed by atoms with Gasteiger partial charge in [0.05, 0.1) is 46.1 Å². The Kier molecular flexibility index (Phi) is 36.9. The Balaban J connectivity index is 4.74. The number of phosphoric ester groups is 1. The van der Waals surface area contributed by atoms with Crippen LogP contribution in [0.1, 0.15) is 136 Å². The van der Waals surface area contributed by atoms with Gasteiger partial charge >= 0.3 is 19.8 Å². The number of carbonyl (C=O) groups excluding carboxylic acids is 2. The first kappa shape index (κ1) is 58.1. The summed E-state index contributed by atoms with van der Waals surface area (Å²) in [6.45, 7) is 3.83. The molecule has 0 aliphatic heterocycles. The molecule has 0 aromatic heterocycles. The Hall–Kier alpha value is -2.93. The highest BCUT2D eigenvalue weighted by Gasteiger charge is 2.27. The van der Waals surface area contributed by atoms with Crippen LogP contribution in [0.3, 0.4) is 0 Å². The predicted octanol–water partition coefficient (Wildman–Crippen LogP) is 9.71. The number of likely N-dealkylation sites (N-methyl/N-ethyl adjacent to an activating group) is 1. The average Bonchev–Trinajstić information content (AvgIpc) is 3.20. The van der Waals surface area contributed by atoms with Gasteiger partial charge in [0.15, 0.2) is 6.10 Å². The Morgan fingerprint density at radius 1 is 0.623 bits per heavy atom. The molecule has 0 fully saturated rings. The fourth-order valence-corrected chi connectivity index (χ4v) is 6.26. The maximum atomic E-state index is 12.7. The fourth-order valence-electron chi connectivity index (χ4n) is 5.52. The third kappa shape index (κ3) is 40.9. The zero-order valence-corrected chi connectivity index (χ0v) is 39.1. The maximum Gasteiger partial charge on any atom is 0.472 e. The van der Waals surface area contributed by atoms with Gasteiger partial charge in [-0.1, -0.05) is 144 Å². The lowest BCUT2D eigenvalue weighted by Crippen LogP contribution is -2.37. The van der Waals surface area contributed by atoms with Crippen molar-refractivity contribution in [2.45, 2.75) is 160 Å². The van der Waals surface area contributed by atoms with Gasteiger partial charge in [-0.15, -0.1) is 0 Å². The first-order chi connectivity index (χ1) is 29.2. The number of ether oxygens (including phenoxy) is 2. The molecule has 0 bridgehead atoms. The number of hydrogen-bond acceptors (Lipinski definition) is 10. The van der Waals surface area contributed by atoms with E-state index in [2.05, 4.69) is 50.3 Å². The van der Waals surface area contributed by atoms with E-state index in [-0.39, 0.29) is 38.9 Å². The molecule has 61 heavy (non-hydrogen) atoms. The summed E-state index contributed by atoms with van der Waals surface area (Å²) in [5.74, 6) is -1.16. The van der Waals surface area contributed by atoms with Crippen LogP contribution < -0.4 is 0 Å². The summed E-state index contributed by atoms with van der Waals surface area (Å²) in [6, 6.07) is 0. The standard InChI is InChI=1S/C48H82NO11P/c1-6-8-10-11-12-13-14-15-16-17-18-19-20-21-22-27-31-37-47(53)57-41-44(42-59-61(55,56)58-40-39-49(3,4)5)60-48(54)38-32-36-46(52)45(51)35-30-26-24-23-25-29-34-43(50)33-28-9-7-2/h12-13,15-16,18-19,23-26,29-30,34-35,43-46,50-52H,6-11,14,17,20-22,27-28,31-33,36-42H2,1-5H3/p+1/b13-12-,16-15-,19-18-,25-23-,26-24+,34-29+,35-30+/t43-,44+,45-,46-/m0/s1. The molecule has 0 aliphatic carbocycles. The second-order valence-corrected chi connectivity index (χ2v) is 17.7. The second-order valence-electron chi connectivity index (χ2n) is 16.3. The largest absolute Gasteiger partial charge is 0.472 e. The number of unbranched alkanes of at least 4 members (excludes halogenated alkanes) is 9. The van der Waals surface area contributed by atoms with E-state index in [0.717, 1.165) is 70.6 Å². The zero-order valence-electron chi connectivity index (χ0n) is 38.2. The molecule has 0 spiro atoms. The molecule has 350 valence electrons. The van der Waals surface area contributed by atoms with Gasteiger partial charge in [0, 0.05) is 12.8 Å². The van der Waals surface area contributed by atoms with Crippen molar-refractivity contribution in [2.24, 2.45) is 0 Å². The van der Waals surface area contributed by atoms with Gasteiger partial charge in [0.2, 0.25) is 0 Å². The average molecular weight is 881 g/mol. The van der Waals surface area contributed by atoms with Crippen LogP contribution in [0.4, 0.5) is 0 Å². The normalized spacial score (nSPS) is 15.9. The molecule has 0 saturated heterocycles. The molecule has 4 N–H and O–H groups in total. The molecule has 0 saturated carbocycles. The van der Waals surface area contributed by atoms with E-state index in [9.17, 15) is 34.4 Å². The SMILES string of the molecule is CCCCC/C=C\C/C=C\C/C=C\CCCCCCC(=O)OC[C@H](COP(=O)(O)OCC[N+](C)(C)C)OC(=O)CCC[C@H](O)[C@@H](O)/C=C/C=C/C=C\C=C\[C@@H](O)CCCCC. The van der Waals surface area contributed by atoms with Crippen molar-refractivity contribution >= 4 is 19.8 Å². The topological polar surface area (TPSA) is 169 Å².